The average molecular weight is 343 g/mol. The fraction of sp³-hybridized carbons (Fsp3) is 0.562. The number of likely N-dealkylation sites (N-methyl/N-ethyl adjacent to an activating group) is 1. The van der Waals surface area contributed by atoms with Gasteiger partial charge >= 0.3 is 6.03 Å². The van der Waals surface area contributed by atoms with Crippen molar-refractivity contribution in [2.24, 2.45) is 5.92 Å². The summed E-state index contributed by atoms with van der Waals surface area (Å²) in [5, 5.41) is 5.65. The van der Waals surface area contributed by atoms with E-state index in [9.17, 15) is 9.18 Å². The van der Waals surface area contributed by atoms with Crippen LogP contribution in [0.2, 0.25) is 5.02 Å². The van der Waals surface area contributed by atoms with Crippen LogP contribution in [0.4, 0.5) is 14.9 Å². The van der Waals surface area contributed by atoms with Crippen molar-refractivity contribution in [3.05, 3.63) is 29.0 Å². The topological polar surface area (TPSA) is 47.6 Å². The zero-order valence-electron chi connectivity index (χ0n) is 13.6. The van der Waals surface area contributed by atoms with Gasteiger partial charge in [-0.2, -0.15) is 0 Å². The van der Waals surface area contributed by atoms with Gasteiger partial charge in [-0.15, -0.1) is 0 Å². The van der Waals surface area contributed by atoms with Gasteiger partial charge in [0.15, 0.2) is 0 Å². The highest BCUT2D eigenvalue weighted by atomic mass is 35.5. The molecule has 0 radical (unpaired) electrons. The minimum atomic E-state index is -0.429. The molecule has 23 heavy (non-hydrogen) atoms. The summed E-state index contributed by atoms with van der Waals surface area (Å²) in [6.07, 6.45) is 0. The number of nitrogens with one attached hydrogen (secondary N) is 2. The average Bonchev–Trinajstić information content (AvgIpc) is 2.50. The Morgan fingerprint density at radius 3 is 2.70 bits per heavy atom. The second kappa shape index (κ2) is 8.47. The molecule has 0 saturated carbocycles. The van der Waals surface area contributed by atoms with Gasteiger partial charge in [-0.25, -0.2) is 9.18 Å². The summed E-state index contributed by atoms with van der Waals surface area (Å²) in [6.45, 7) is 7.97. The summed E-state index contributed by atoms with van der Waals surface area (Å²) in [6, 6.07) is 3.55. The van der Waals surface area contributed by atoms with Gasteiger partial charge in [-0.05, 0) is 31.2 Å². The van der Waals surface area contributed by atoms with Crippen LogP contribution in [-0.4, -0.2) is 62.1 Å². The van der Waals surface area contributed by atoms with Crippen LogP contribution < -0.4 is 10.6 Å². The minimum absolute atomic E-state index is 0.186. The number of carbonyl (C=O) groups excluding carboxylic acids is 1. The van der Waals surface area contributed by atoms with Crippen molar-refractivity contribution in [1.82, 2.24) is 15.1 Å². The number of benzene rings is 1. The first-order valence-electron chi connectivity index (χ1n) is 7.85. The van der Waals surface area contributed by atoms with E-state index in [1.165, 1.54) is 18.2 Å². The smallest absolute Gasteiger partial charge is 0.319 e. The Hall–Kier alpha value is -1.37. The van der Waals surface area contributed by atoms with Crippen molar-refractivity contribution in [1.29, 1.82) is 0 Å². The first-order chi connectivity index (χ1) is 10.9. The number of nitrogens with zero attached hydrogens (tertiary/aromatic N) is 2. The number of urea groups is 1. The van der Waals surface area contributed by atoms with Gasteiger partial charge in [0.1, 0.15) is 5.82 Å². The van der Waals surface area contributed by atoms with Crippen LogP contribution in [0.3, 0.4) is 0 Å². The van der Waals surface area contributed by atoms with E-state index in [1.807, 2.05) is 0 Å². The Kier molecular flexibility index (Phi) is 6.62. The van der Waals surface area contributed by atoms with Crippen LogP contribution in [-0.2, 0) is 0 Å². The molecule has 1 aromatic rings. The Balaban J connectivity index is 1.71. The molecule has 1 aliphatic heterocycles. The molecule has 1 fully saturated rings. The fourth-order valence-corrected chi connectivity index (χ4v) is 2.77. The molecule has 0 aliphatic carbocycles. The summed E-state index contributed by atoms with van der Waals surface area (Å²) in [5.74, 6) is -0.0744. The van der Waals surface area contributed by atoms with Gasteiger partial charge in [0.25, 0.3) is 0 Å². The van der Waals surface area contributed by atoms with Crippen molar-refractivity contribution in [3.8, 4) is 0 Å². The van der Waals surface area contributed by atoms with Gasteiger partial charge in [0.05, 0.1) is 10.7 Å². The van der Waals surface area contributed by atoms with E-state index >= 15 is 0 Å². The van der Waals surface area contributed by atoms with Crippen LogP contribution in [0.25, 0.3) is 0 Å². The first kappa shape index (κ1) is 18.0. The quantitative estimate of drug-likeness (QED) is 0.864. The summed E-state index contributed by atoms with van der Waals surface area (Å²) < 4.78 is 13.0. The van der Waals surface area contributed by atoms with Crippen molar-refractivity contribution < 1.29 is 9.18 Å². The molecular formula is C16H24ClFN4O. The monoisotopic (exact) mass is 342 g/mol. The lowest BCUT2D eigenvalue weighted by Crippen LogP contribution is -2.47. The predicted octanol–water partition coefficient (Wildman–Crippen LogP) is 2.48. The highest BCUT2D eigenvalue weighted by Crippen LogP contribution is 2.22. The second-order valence-corrected chi connectivity index (χ2v) is 6.58. The number of halogens is 2. The third kappa shape index (κ3) is 5.97. The molecule has 1 aliphatic rings. The third-order valence-corrected chi connectivity index (χ3v) is 4.27. The SMILES string of the molecule is CC(CNC(=O)Nc1ccc(F)cc1Cl)CN1CCN(C)CC1. The number of hydrogen-bond donors (Lipinski definition) is 2. The predicted molar refractivity (Wildman–Crippen MR) is 91.5 cm³/mol. The van der Waals surface area contributed by atoms with Crippen LogP contribution in [0, 0.1) is 11.7 Å². The summed E-state index contributed by atoms with van der Waals surface area (Å²) in [7, 11) is 2.13. The van der Waals surface area contributed by atoms with Crippen molar-refractivity contribution in [2.75, 3.05) is 51.6 Å². The second-order valence-electron chi connectivity index (χ2n) is 6.17. The highest BCUT2D eigenvalue weighted by Gasteiger charge is 2.16. The van der Waals surface area contributed by atoms with Crippen LogP contribution in [0.1, 0.15) is 6.92 Å². The maximum absolute atomic E-state index is 13.0. The number of amides is 2. The van der Waals surface area contributed by atoms with Crippen LogP contribution in [0.5, 0.6) is 0 Å². The van der Waals surface area contributed by atoms with E-state index in [4.69, 9.17) is 11.6 Å². The maximum Gasteiger partial charge on any atom is 0.319 e. The lowest BCUT2D eigenvalue weighted by Gasteiger charge is -2.33. The molecular weight excluding hydrogens is 319 g/mol. The third-order valence-electron chi connectivity index (χ3n) is 3.96. The molecule has 1 heterocycles. The van der Waals surface area contributed by atoms with E-state index < -0.39 is 5.82 Å². The first-order valence-corrected chi connectivity index (χ1v) is 8.22. The van der Waals surface area contributed by atoms with E-state index in [2.05, 4.69) is 34.4 Å². The van der Waals surface area contributed by atoms with Crippen LogP contribution in [0.15, 0.2) is 18.2 Å². The molecule has 1 saturated heterocycles. The normalized spacial score (nSPS) is 17.7. The number of anilines is 1. The Morgan fingerprint density at radius 1 is 1.35 bits per heavy atom. The van der Waals surface area contributed by atoms with Gasteiger partial charge in [-0.1, -0.05) is 18.5 Å². The number of carbonyl (C=O) groups is 1. The molecule has 7 heteroatoms. The molecule has 2 rings (SSSR count). The minimum Gasteiger partial charge on any atom is -0.338 e. The lowest BCUT2D eigenvalue weighted by atomic mass is 10.1. The van der Waals surface area contributed by atoms with Gasteiger partial charge in [-0.3, -0.25) is 0 Å². The number of rotatable bonds is 5. The zero-order chi connectivity index (χ0) is 16.8. The molecule has 2 amide bonds. The Morgan fingerprint density at radius 2 is 2.04 bits per heavy atom. The molecule has 128 valence electrons. The van der Waals surface area contributed by atoms with E-state index in [1.54, 1.807) is 0 Å². The lowest BCUT2D eigenvalue weighted by molar-refractivity contribution is 0.138. The van der Waals surface area contributed by atoms with Crippen molar-refractivity contribution in [2.45, 2.75) is 6.92 Å². The molecule has 2 N–H and O–H groups in total. The van der Waals surface area contributed by atoms with Gasteiger partial charge in [0.2, 0.25) is 0 Å². The number of hydrogen-bond acceptors (Lipinski definition) is 3. The molecule has 1 unspecified atom stereocenters. The van der Waals surface area contributed by atoms with Crippen LogP contribution >= 0.6 is 11.6 Å². The Labute approximate surface area is 141 Å². The molecule has 1 aromatic carbocycles. The fourth-order valence-electron chi connectivity index (χ4n) is 2.56. The van der Waals surface area contributed by atoms with Gasteiger partial charge in [0, 0.05) is 39.3 Å². The molecule has 1 atom stereocenters. The van der Waals surface area contributed by atoms with E-state index in [-0.39, 0.29) is 11.1 Å². The van der Waals surface area contributed by atoms with E-state index in [0.29, 0.717) is 18.2 Å². The van der Waals surface area contributed by atoms with Crippen molar-refractivity contribution >= 4 is 23.3 Å². The number of piperazine rings is 1. The van der Waals surface area contributed by atoms with E-state index in [0.717, 1.165) is 32.7 Å². The highest BCUT2D eigenvalue weighted by molar-refractivity contribution is 6.33. The molecule has 0 bridgehead atoms. The maximum atomic E-state index is 13.0. The largest absolute Gasteiger partial charge is 0.338 e. The molecule has 5 nitrogen and oxygen atoms in total. The summed E-state index contributed by atoms with van der Waals surface area (Å²) >= 11 is 5.88. The Bertz CT molecular complexity index is 535. The molecule has 0 aromatic heterocycles. The molecule has 0 spiro atoms. The standard InChI is InChI=1S/C16H24ClFN4O/c1-12(11-22-7-5-21(2)6-8-22)10-19-16(23)20-15-4-3-13(18)9-14(15)17/h3-4,9,12H,5-8,10-11H2,1-2H3,(H2,19,20,23). The summed E-state index contributed by atoms with van der Waals surface area (Å²) in [4.78, 5) is 16.6. The summed E-state index contributed by atoms with van der Waals surface area (Å²) in [5.41, 5.74) is 0.400. The van der Waals surface area contributed by atoms with Gasteiger partial charge < -0.3 is 20.4 Å². The van der Waals surface area contributed by atoms with Crippen molar-refractivity contribution in [3.63, 3.8) is 0 Å². The zero-order valence-corrected chi connectivity index (χ0v) is 14.4.